The number of ketones is 1. The van der Waals surface area contributed by atoms with Gasteiger partial charge >= 0.3 is 0 Å². The molecule has 0 unspecified atom stereocenters. The van der Waals surface area contributed by atoms with Crippen LogP contribution in [0.1, 0.15) is 12.8 Å². The number of carbonyl (C=O) groups is 1. The first kappa shape index (κ1) is 14.3. The van der Waals surface area contributed by atoms with Gasteiger partial charge in [-0.2, -0.15) is 0 Å². The van der Waals surface area contributed by atoms with Gasteiger partial charge in [-0.25, -0.2) is 9.97 Å². The molecule has 1 fully saturated rings. The Bertz CT molecular complexity index is 663. The average Bonchev–Trinajstić information content (AvgIpc) is 2.48. The van der Waals surface area contributed by atoms with Crippen LogP contribution >= 0.6 is 23.2 Å². The highest BCUT2D eigenvalue weighted by Crippen LogP contribution is 2.25. The minimum Gasteiger partial charge on any atom is -0.356 e. The highest BCUT2D eigenvalue weighted by atomic mass is 35.5. The van der Waals surface area contributed by atoms with Gasteiger partial charge in [0.15, 0.2) is 5.82 Å². The predicted molar refractivity (Wildman–Crippen MR) is 83.9 cm³/mol. The standard InChI is InChI=1S/C15H13Cl2N3O/c16-11-3-1-10(2-4-11)15-18-13(17)9-14(19-15)20-7-5-12(21)6-8-20/h1-4,9H,5-8H2. The van der Waals surface area contributed by atoms with Crippen molar-refractivity contribution >= 4 is 34.8 Å². The van der Waals surface area contributed by atoms with Crippen molar-refractivity contribution in [1.29, 1.82) is 0 Å². The largest absolute Gasteiger partial charge is 0.356 e. The number of Topliss-reactive ketones (excluding diaryl/α,β-unsaturated/α-hetero) is 1. The van der Waals surface area contributed by atoms with Gasteiger partial charge in [0.25, 0.3) is 0 Å². The predicted octanol–water partition coefficient (Wildman–Crippen LogP) is 3.62. The number of piperidine rings is 1. The number of aromatic nitrogens is 2. The molecular weight excluding hydrogens is 309 g/mol. The minimum atomic E-state index is 0.296. The number of halogens is 2. The van der Waals surface area contributed by atoms with Crippen molar-refractivity contribution in [3.05, 3.63) is 40.5 Å². The van der Waals surface area contributed by atoms with Crippen molar-refractivity contribution in [1.82, 2.24) is 9.97 Å². The summed E-state index contributed by atoms with van der Waals surface area (Å²) in [5.74, 6) is 1.61. The van der Waals surface area contributed by atoms with E-state index in [1.54, 1.807) is 18.2 Å². The van der Waals surface area contributed by atoms with Crippen molar-refractivity contribution in [2.75, 3.05) is 18.0 Å². The van der Waals surface area contributed by atoms with Gasteiger partial charge in [0.1, 0.15) is 16.8 Å². The first-order chi connectivity index (χ1) is 10.1. The molecule has 0 radical (unpaired) electrons. The van der Waals surface area contributed by atoms with Gasteiger partial charge in [-0.05, 0) is 24.3 Å². The van der Waals surface area contributed by atoms with Crippen LogP contribution in [0.3, 0.4) is 0 Å². The number of nitrogens with zero attached hydrogens (tertiary/aromatic N) is 3. The van der Waals surface area contributed by atoms with E-state index in [0.29, 0.717) is 47.7 Å². The van der Waals surface area contributed by atoms with Gasteiger partial charge in [0.05, 0.1) is 0 Å². The van der Waals surface area contributed by atoms with Gasteiger partial charge in [-0.3, -0.25) is 4.79 Å². The van der Waals surface area contributed by atoms with Crippen molar-refractivity contribution in [2.45, 2.75) is 12.8 Å². The molecule has 2 aromatic rings. The van der Waals surface area contributed by atoms with Crippen molar-refractivity contribution < 1.29 is 4.79 Å². The van der Waals surface area contributed by atoms with Crippen molar-refractivity contribution in [2.24, 2.45) is 0 Å². The lowest BCUT2D eigenvalue weighted by Crippen LogP contribution is -2.34. The molecular formula is C15H13Cl2N3O. The molecule has 0 spiro atoms. The maximum Gasteiger partial charge on any atom is 0.163 e. The summed E-state index contributed by atoms with van der Waals surface area (Å²) in [5, 5.41) is 1.05. The van der Waals surface area contributed by atoms with Gasteiger partial charge in [0.2, 0.25) is 0 Å². The normalized spacial score (nSPS) is 15.3. The number of benzene rings is 1. The van der Waals surface area contributed by atoms with E-state index >= 15 is 0 Å². The van der Waals surface area contributed by atoms with Crippen LogP contribution in [0.5, 0.6) is 0 Å². The Morgan fingerprint density at radius 2 is 1.67 bits per heavy atom. The minimum absolute atomic E-state index is 0.296. The Morgan fingerprint density at radius 1 is 1.00 bits per heavy atom. The summed E-state index contributed by atoms with van der Waals surface area (Å²) >= 11 is 12.0. The maximum atomic E-state index is 11.3. The lowest BCUT2D eigenvalue weighted by Gasteiger charge is -2.27. The second-order valence-electron chi connectivity index (χ2n) is 4.91. The molecule has 1 saturated heterocycles. The number of anilines is 1. The highest BCUT2D eigenvalue weighted by Gasteiger charge is 2.18. The molecule has 21 heavy (non-hydrogen) atoms. The highest BCUT2D eigenvalue weighted by molar-refractivity contribution is 6.30. The number of hydrogen-bond donors (Lipinski definition) is 0. The van der Waals surface area contributed by atoms with E-state index in [-0.39, 0.29) is 0 Å². The molecule has 0 aliphatic carbocycles. The molecule has 1 aliphatic heterocycles. The van der Waals surface area contributed by atoms with Gasteiger partial charge < -0.3 is 4.90 Å². The summed E-state index contributed by atoms with van der Waals surface area (Å²) in [6, 6.07) is 9.03. The molecule has 108 valence electrons. The van der Waals surface area contributed by atoms with Crippen LogP contribution in [-0.4, -0.2) is 28.8 Å². The van der Waals surface area contributed by atoms with Crippen LogP contribution in [0.2, 0.25) is 10.2 Å². The zero-order valence-electron chi connectivity index (χ0n) is 11.2. The zero-order valence-corrected chi connectivity index (χ0v) is 12.7. The third kappa shape index (κ3) is 3.34. The van der Waals surface area contributed by atoms with Crippen LogP contribution in [0.25, 0.3) is 11.4 Å². The van der Waals surface area contributed by atoms with Crippen LogP contribution < -0.4 is 4.90 Å². The molecule has 2 heterocycles. The summed E-state index contributed by atoms with van der Waals surface area (Å²) in [6.45, 7) is 1.35. The van der Waals surface area contributed by atoms with Gasteiger partial charge in [-0.15, -0.1) is 0 Å². The Balaban J connectivity index is 1.92. The van der Waals surface area contributed by atoms with E-state index < -0.39 is 0 Å². The number of hydrogen-bond acceptors (Lipinski definition) is 4. The van der Waals surface area contributed by atoms with Gasteiger partial charge in [0, 0.05) is 42.6 Å². The molecule has 0 amide bonds. The van der Waals surface area contributed by atoms with Crippen molar-refractivity contribution in [3.8, 4) is 11.4 Å². The topological polar surface area (TPSA) is 46.1 Å². The average molecular weight is 322 g/mol. The molecule has 0 atom stereocenters. The smallest absolute Gasteiger partial charge is 0.163 e. The first-order valence-corrected chi connectivity index (χ1v) is 7.44. The fourth-order valence-corrected chi connectivity index (χ4v) is 2.58. The molecule has 1 aliphatic rings. The molecule has 0 N–H and O–H groups in total. The second kappa shape index (κ2) is 6.00. The summed E-state index contributed by atoms with van der Waals surface area (Å²) in [5.41, 5.74) is 0.858. The summed E-state index contributed by atoms with van der Waals surface area (Å²) in [6.07, 6.45) is 1.11. The molecule has 0 bridgehead atoms. The lowest BCUT2D eigenvalue weighted by atomic mass is 10.1. The number of rotatable bonds is 2. The van der Waals surface area contributed by atoms with E-state index in [2.05, 4.69) is 14.9 Å². The molecule has 1 aromatic carbocycles. The molecule has 6 heteroatoms. The Hall–Kier alpha value is -1.65. The Morgan fingerprint density at radius 3 is 2.33 bits per heavy atom. The maximum absolute atomic E-state index is 11.3. The van der Waals surface area contributed by atoms with Crippen LogP contribution in [-0.2, 0) is 4.79 Å². The van der Waals surface area contributed by atoms with Crippen molar-refractivity contribution in [3.63, 3.8) is 0 Å². The Labute approximate surface area is 132 Å². The van der Waals surface area contributed by atoms with Crippen LogP contribution in [0, 0.1) is 0 Å². The summed E-state index contributed by atoms with van der Waals surface area (Å²) < 4.78 is 0. The van der Waals surface area contributed by atoms with Crippen LogP contribution in [0.4, 0.5) is 5.82 Å². The Kier molecular flexibility index (Phi) is 4.08. The third-order valence-electron chi connectivity index (χ3n) is 3.43. The lowest BCUT2D eigenvalue weighted by molar-refractivity contribution is -0.119. The van der Waals surface area contributed by atoms with E-state index in [0.717, 1.165) is 11.4 Å². The SMILES string of the molecule is O=C1CCN(c2cc(Cl)nc(-c3ccc(Cl)cc3)n2)CC1. The third-order valence-corrected chi connectivity index (χ3v) is 3.87. The molecule has 1 aromatic heterocycles. The number of carbonyl (C=O) groups excluding carboxylic acids is 1. The van der Waals surface area contributed by atoms with Crippen LogP contribution in [0.15, 0.2) is 30.3 Å². The van der Waals surface area contributed by atoms with E-state index in [1.165, 1.54) is 0 Å². The van der Waals surface area contributed by atoms with E-state index in [1.807, 2.05) is 12.1 Å². The molecule has 4 nitrogen and oxygen atoms in total. The summed E-state index contributed by atoms with van der Waals surface area (Å²) in [4.78, 5) is 22.2. The second-order valence-corrected chi connectivity index (χ2v) is 5.73. The molecule has 3 rings (SSSR count). The van der Waals surface area contributed by atoms with E-state index in [9.17, 15) is 4.79 Å². The fraction of sp³-hybridized carbons (Fsp3) is 0.267. The van der Waals surface area contributed by atoms with Gasteiger partial charge in [-0.1, -0.05) is 23.2 Å². The fourth-order valence-electron chi connectivity index (χ4n) is 2.28. The van der Waals surface area contributed by atoms with E-state index in [4.69, 9.17) is 23.2 Å². The summed E-state index contributed by atoms with van der Waals surface area (Å²) in [7, 11) is 0. The molecule has 0 saturated carbocycles. The zero-order chi connectivity index (χ0) is 14.8. The first-order valence-electron chi connectivity index (χ1n) is 6.69. The quantitative estimate of drug-likeness (QED) is 0.792. The monoisotopic (exact) mass is 321 g/mol.